The summed E-state index contributed by atoms with van der Waals surface area (Å²) in [5, 5.41) is 4.85. The van der Waals surface area contributed by atoms with E-state index >= 15 is 0 Å². The maximum atomic E-state index is 6.69. The number of fused-ring (bicyclic) bond motifs is 13. The molecule has 0 amide bonds. The van der Waals surface area contributed by atoms with Gasteiger partial charge in [0.1, 0.15) is 11.2 Å². The van der Waals surface area contributed by atoms with Gasteiger partial charge >= 0.3 is 0 Å². The molecule has 0 spiro atoms. The normalized spacial score (nSPS) is 19.0. The van der Waals surface area contributed by atoms with E-state index in [1.165, 1.54) is 118 Å². The summed E-state index contributed by atoms with van der Waals surface area (Å²) in [6, 6.07) is 70.8. The van der Waals surface area contributed by atoms with Gasteiger partial charge < -0.3 is 19.1 Å². The molecule has 15 rings (SSSR count). The average Bonchev–Trinajstić information content (AvgIpc) is 4.03. The van der Waals surface area contributed by atoms with Crippen molar-refractivity contribution in [3.05, 3.63) is 199 Å². The Labute approximate surface area is 406 Å². The van der Waals surface area contributed by atoms with Crippen molar-refractivity contribution in [2.75, 3.05) is 14.7 Å². The molecule has 0 radical (unpaired) electrons. The van der Waals surface area contributed by atoms with E-state index < -0.39 is 0 Å². The van der Waals surface area contributed by atoms with E-state index in [2.05, 4.69) is 224 Å². The minimum atomic E-state index is -0.0829. The van der Waals surface area contributed by atoms with Crippen LogP contribution in [-0.2, 0) is 5.41 Å². The van der Waals surface area contributed by atoms with Gasteiger partial charge in [0.05, 0.1) is 22.3 Å². The number of hydrogen-bond acceptors (Lipinski definition) is 5. The van der Waals surface area contributed by atoms with Crippen LogP contribution in [0.2, 0.25) is 0 Å². The van der Waals surface area contributed by atoms with Crippen molar-refractivity contribution < 1.29 is 4.42 Å². The predicted molar refractivity (Wildman–Crippen MR) is 294 cm³/mol. The van der Waals surface area contributed by atoms with Crippen LogP contribution in [-0.4, -0.2) is 12.3 Å². The smallest absolute Gasteiger partial charge is 0.252 e. The Hall–Kier alpha value is -7.54. The van der Waals surface area contributed by atoms with E-state index in [0.717, 1.165) is 34.0 Å². The van der Waals surface area contributed by atoms with Crippen LogP contribution in [0.1, 0.15) is 50.7 Å². The van der Waals surface area contributed by atoms with Crippen LogP contribution in [0.25, 0.3) is 53.2 Å². The molecule has 11 aromatic rings. The molecule has 2 aromatic heterocycles. The molecule has 5 heterocycles. The van der Waals surface area contributed by atoms with Gasteiger partial charge in [-0.2, -0.15) is 0 Å². The molecule has 330 valence electrons. The number of nitrogens with zero attached hydrogens (tertiary/aromatic N) is 3. The molecule has 69 heavy (non-hydrogen) atoms. The van der Waals surface area contributed by atoms with E-state index in [1.54, 1.807) is 0 Å². The fourth-order valence-electron chi connectivity index (χ4n) is 13.6. The minimum absolute atomic E-state index is 0.0353. The van der Waals surface area contributed by atoms with Crippen molar-refractivity contribution >= 4 is 122 Å². The Morgan fingerprint density at radius 1 is 0.493 bits per heavy atom. The summed E-state index contributed by atoms with van der Waals surface area (Å²) in [6.07, 6.45) is 4.82. The molecule has 2 atom stereocenters. The van der Waals surface area contributed by atoms with Crippen molar-refractivity contribution in [3.8, 4) is 11.1 Å². The van der Waals surface area contributed by atoms with Crippen molar-refractivity contribution in [1.29, 1.82) is 0 Å². The topological polar surface area (TPSA) is 22.9 Å². The SMILES string of the molecule is Cc1cc2c3c(c1)N(c1cccc4sc5ccccc5c14)c1ccc(-c4ccccc4)cc1B3c1ccc(N3c4ccccc4C4(C)CCCCC34C)cc1N2c1cccc2oc3ccccc3c12. The molecule has 0 bridgehead atoms. The molecule has 2 unspecified atom stereocenters. The van der Waals surface area contributed by atoms with Crippen LogP contribution in [0.15, 0.2) is 192 Å². The first-order valence-corrected chi connectivity index (χ1v) is 25.5. The lowest BCUT2D eigenvalue weighted by Gasteiger charge is -2.50. The van der Waals surface area contributed by atoms with Crippen molar-refractivity contribution in [3.63, 3.8) is 0 Å². The predicted octanol–water partition coefficient (Wildman–Crippen LogP) is 15.8. The molecule has 0 N–H and O–H groups in total. The summed E-state index contributed by atoms with van der Waals surface area (Å²) in [6.45, 7) is 7.31. The van der Waals surface area contributed by atoms with Crippen molar-refractivity contribution in [2.24, 2.45) is 0 Å². The van der Waals surface area contributed by atoms with E-state index in [9.17, 15) is 0 Å². The summed E-state index contributed by atoms with van der Waals surface area (Å²) in [4.78, 5) is 7.95. The van der Waals surface area contributed by atoms with Gasteiger partial charge in [-0.15, -0.1) is 11.3 Å². The molecule has 3 aliphatic heterocycles. The molecular weight excluding hydrogens is 858 g/mol. The van der Waals surface area contributed by atoms with Crippen LogP contribution in [0, 0.1) is 6.92 Å². The molecule has 4 nitrogen and oxygen atoms in total. The minimum Gasteiger partial charge on any atom is -0.456 e. The number of hydrogen-bond donors (Lipinski definition) is 0. The molecule has 1 aliphatic carbocycles. The number of rotatable bonds is 4. The molecular formula is C63H48BN3OS. The molecule has 0 saturated heterocycles. The quantitative estimate of drug-likeness (QED) is 0.164. The third-order valence-corrected chi connectivity index (χ3v) is 18.0. The van der Waals surface area contributed by atoms with E-state index in [4.69, 9.17) is 4.42 Å². The summed E-state index contributed by atoms with van der Waals surface area (Å²) >= 11 is 1.88. The van der Waals surface area contributed by atoms with E-state index in [1.807, 2.05) is 11.3 Å². The highest BCUT2D eigenvalue weighted by Gasteiger charge is 2.58. The lowest BCUT2D eigenvalue weighted by molar-refractivity contribution is 0.195. The number of anilines is 8. The van der Waals surface area contributed by atoms with Gasteiger partial charge in [-0.1, -0.05) is 135 Å². The van der Waals surface area contributed by atoms with Gasteiger partial charge in [-0.25, -0.2) is 0 Å². The van der Waals surface area contributed by atoms with Crippen molar-refractivity contribution in [2.45, 2.75) is 57.4 Å². The Morgan fingerprint density at radius 2 is 1.17 bits per heavy atom. The van der Waals surface area contributed by atoms with Crippen LogP contribution in [0.3, 0.4) is 0 Å². The summed E-state index contributed by atoms with van der Waals surface area (Å²) in [5.41, 5.74) is 20.6. The standard InChI is InChI=1S/C63H48BN3OS/c1-39-35-53-61-54(36-39)66(50-23-15-26-56-59(50)43-19-7-11-25-55(43)68-56)52-38-42(67-48-22-10-9-21-45(48)62(2)33-13-14-34-63(62,67)3)30-31-46(52)64(61)47-37-41(40-17-5-4-6-18-40)29-32-49(47)65(53)51-24-16-28-58-60(51)44-20-8-12-27-57(44)69-58/h4-12,15-32,35-38H,13-14,33-34H2,1-3H3. The molecule has 9 aromatic carbocycles. The monoisotopic (exact) mass is 905 g/mol. The zero-order valence-electron chi connectivity index (χ0n) is 39.0. The third kappa shape index (κ3) is 5.30. The maximum Gasteiger partial charge on any atom is 0.252 e. The third-order valence-electron chi connectivity index (χ3n) is 16.8. The first-order chi connectivity index (χ1) is 33.9. The largest absolute Gasteiger partial charge is 0.456 e. The van der Waals surface area contributed by atoms with Crippen LogP contribution in [0.5, 0.6) is 0 Å². The van der Waals surface area contributed by atoms with Crippen LogP contribution >= 0.6 is 11.3 Å². The Morgan fingerprint density at radius 3 is 2.04 bits per heavy atom. The van der Waals surface area contributed by atoms with Gasteiger partial charge in [0.2, 0.25) is 0 Å². The second-order valence-corrected chi connectivity index (χ2v) is 21.4. The number of benzene rings is 9. The highest BCUT2D eigenvalue weighted by molar-refractivity contribution is 7.26. The van der Waals surface area contributed by atoms with E-state index in [0.29, 0.717) is 0 Å². The second-order valence-electron chi connectivity index (χ2n) is 20.4. The second kappa shape index (κ2) is 14.3. The summed E-state index contributed by atoms with van der Waals surface area (Å²) in [5.74, 6) is 0. The molecule has 4 aliphatic rings. The zero-order chi connectivity index (χ0) is 45.8. The van der Waals surface area contributed by atoms with Gasteiger partial charge in [0.15, 0.2) is 0 Å². The highest BCUT2D eigenvalue weighted by Crippen LogP contribution is 2.61. The molecule has 6 heteroatoms. The van der Waals surface area contributed by atoms with Crippen LogP contribution in [0.4, 0.5) is 45.5 Å². The first kappa shape index (κ1) is 39.5. The van der Waals surface area contributed by atoms with Crippen LogP contribution < -0.4 is 31.1 Å². The zero-order valence-corrected chi connectivity index (χ0v) is 39.8. The molecule has 1 fully saturated rings. The number of aryl methyl sites for hydroxylation is 1. The Balaban J connectivity index is 1.06. The highest BCUT2D eigenvalue weighted by atomic mass is 32.1. The maximum absolute atomic E-state index is 6.69. The first-order valence-electron chi connectivity index (χ1n) is 24.7. The lowest BCUT2D eigenvalue weighted by atomic mass is 9.33. The average molecular weight is 906 g/mol. The van der Waals surface area contributed by atoms with Gasteiger partial charge in [0.25, 0.3) is 6.71 Å². The molecule has 1 saturated carbocycles. The van der Waals surface area contributed by atoms with Gasteiger partial charge in [-0.3, -0.25) is 0 Å². The Kier molecular flexibility index (Phi) is 8.15. The van der Waals surface area contributed by atoms with E-state index in [-0.39, 0.29) is 17.7 Å². The van der Waals surface area contributed by atoms with Crippen molar-refractivity contribution in [1.82, 2.24) is 0 Å². The fourth-order valence-corrected chi connectivity index (χ4v) is 14.7. The Bertz CT molecular complexity index is 3970. The van der Waals surface area contributed by atoms with Gasteiger partial charge in [-0.05, 0) is 138 Å². The fraction of sp³-hybridized carbons (Fsp3) is 0.143. The summed E-state index contributed by atoms with van der Waals surface area (Å²) in [7, 11) is 0. The summed E-state index contributed by atoms with van der Waals surface area (Å²) < 4.78 is 9.29. The number of thiophene rings is 1. The lowest BCUT2D eigenvalue weighted by Crippen LogP contribution is -2.61. The number of para-hydroxylation sites is 2. The number of furan rings is 1. The van der Waals surface area contributed by atoms with Gasteiger partial charge in [0, 0.05) is 65.1 Å².